The average molecular weight is 355 g/mol. The Labute approximate surface area is 174 Å². The smallest absolute Gasteiger partial charge is 0.744 e. The van der Waals surface area contributed by atoms with Gasteiger partial charge in [-0.05, 0) is 33.0 Å². The predicted molar refractivity (Wildman–Crippen MR) is 83.1 cm³/mol. The molecule has 104 valence electrons. The molecule has 0 amide bonds. The van der Waals surface area contributed by atoms with Crippen molar-refractivity contribution in [3.63, 3.8) is 0 Å². The van der Waals surface area contributed by atoms with Gasteiger partial charge >= 0.3 is 51.4 Å². The Balaban J connectivity index is 0.00000144. The van der Waals surface area contributed by atoms with Gasteiger partial charge in [-0.1, -0.05) is 54.1 Å². The number of halogens is 1. The van der Waals surface area contributed by atoms with E-state index in [1.807, 2.05) is 36.4 Å². The Morgan fingerprint density at radius 2 is 1.45 bits per heavy atom. The maximum Gasteiger partial charge on any atom is 1.00 e. The SMILES string of the molecule is O=S(=O)([O-])c1c(Cl)cc2ccc3cccc4ccc1c2c34.[K+]. The molecule has 4 aromatic carbocycles. The van der Waals surface area contributed by atoms with Gasteiger partial charge in [0.2, 0.25) is 0 Å². The van der Waals surface area contributed by atoms with Crippen LogP contribution >= 0.6 is 11.6 Å². The molecule has 0 atom stereocenters. The fourth-order valence-corrected chi connectivity index (χ4v) is 4.24. The number of rotatable bonds is 1. The van der Waals surface area contributed by atoms with Crippen LogP contribution in [-0.4, -0.2) is 13.0 Å². The van der Waals surface area contributed by atoms with Gasteiger partial charge in [-0.25, -0.2) is 8.42 Å². The van der Waals surface area contributed by atoms with Gasteiger partial charge in [-0.2, -0.15) is 0 Å². The molecule has 0 aliphatic heterocycles. The van der Waals surface area contributed by atoms with E-state index in [0.29, 0.717) is 5.39 Å². The monoisotopic (exact) mass is 354 g/mol. The Morgan fingerprint density at radius 3 is 2.09 bits per heavy atom. The molecule has 6 heteroatoms. The van der Waals surface area contributed by atoms with Crippen LogP contribution in [-0.2, 0) is 10.1 Å². The van der Waals surface area contributed by atoms with Gasteiger partial charge in [-0.3, -0.25) is 0 Å². The molecule has 0 saturated heterocycles. The van der Waals surface area contributed by atoms with Crippen molar-refractivity contribution in [1.29, 1.82) is 0 Å². The fraction of sp³-hybridized carbons (Fsp3) is 0. The van der Waals surface area contributed by atoms with Gasteiger partial charge < -0.3 is 4.55 Å². The molecule has 0 bridgehead atoms. The van der Waals surface area contributed by atoms with E-state index in [-0.39, 0.29) is 61.3 Å². The van der Waals surface area contributed by atoms with E-state index in [0.717, 1.165) is 26.9 Å². The topological polar surface area (TPSA) is 57.2 Å². The van der Waals surface area contributed by atoms with Crippen LogP contribution in [0.1, 0.15) is 0 Å². The van der Waals surface area contributed by atoms with E-state index in [4.69, 9.17) is 11.6 Å². The van der Waals surface area contributed by atoms with Crippen LogP contribution < -0.4 is 51.4 Å². The maximum atomic E-state index is 11.6. The molecular weight excluding hydrogens is 347 g/mol. The van der Waals surface area contributed by atoms with E-state index in [2.05, 4.69) is 0 Å². The maximum absolute atomic E-state index is 11.6. The third kappa shape index (κ3) is 2.41. The van der Waals surface area contributed by atoms with E-state index in [1.165, 1.54) is 0 Å². The minimum absolute atomic E-state index is 0. The van der Waals surface area contributed by atoms with Crippen molar-refractivity contribution in [1.82, 2.24) is 0 Å². The first-order valence-electron chi connectivity index (χ1n) is 6.29. The summed E-state index contributed by atoms with van der Waals surface area (Å²) in [5.74, 6) is 0. The summed E-state index contributed by atoms with van der Waals surface area (Å²) in [5, 5.41) is 4.90. The summed E-state index contributed by atoms with van der Waals surface area (Å²) in [5.41, 5.74) is 0. The van der Waals surface area contributed by atoms with Crippen LogP contribution in [0.3, 0.4) is 0 Å². The van der Waals surface area contributed by atoms with Gasteiger partial charge in [0.1, 0.15) is 10.1 Å². The minimum Gasteiger partial charge on any atom is -0.744 e. The summed E-state index contributed by atoms with van der Waals surface area (Å²) in [6.07, 6.45) is 0. The van der Waals surface area contributed by atoms with Crippen molar-refractivity contribution in [2.75, 3.05) is 0 Å². The third-order valence-electron chi connectivity index (χ3n) is 3.80. The first kappa shape index (κ1) is 16.6. The minimum atomic E-state index is -4.64. The Hall–Kier alpha value is -0.244. The van der Waals surface area contributed by atoms with Crippen LogP contribution in [0, 0.1) is 0 Å². The second kappa shape index (κ2) is 5.68. The second-order valence-electron chi connectivity index (χ2n) is 5.00. The molecule has 0 heterocycles. The van der Waals surface area contributed by atoms with Gasteiger partial charge in [0.05, 0.1) is 9.92 Å². The van der Waals surface area contributed by atoms with Gasteiger partial charge in [0, 0.05) is 5.39 Å². The van der Waals surface area contributed by atoms with E-state index >= 15 is 0 Å². The average Bonchev–Trinajstić information content (AvgIpc) is 2.42. The van der Waals surface area contributed by atoms with Crippen LogP contribution in [0.2, 0.25) is 5.02 Å². The molecular formula is C16H8ClKO3S. The summed E-state index contributed by atoms with van der Waals surface area (Å²) < 4.78 is 34.7. The Kier molecular flexibility index (Phi) is 4.29. The van der Waals surface area contributed by atoms with Crippen LogP contribution in [0.15, 0.2) is 53.4 Å². The van der Waals surface area contributed by atoms with Gasteiger partial charge in [0.15, 0.2) is 0 Å². The van der Waals surface area contributed by atoms with E-state index in [9.17, 15) is 13.0 Å². The van der Waals surface area contributed by atoms with Gasteiger partial charge in [-0.15, -0.1) is 0 Å². The molecule has 0 fully saturated rings. The quantitative estimate of drug-likeness (QED) is 0.293. The predicted octanol–water partition coefficient (Wildman–Crippen LogP) is 1.15. The zero-order valence-corrected chi connectivity index (χ0v) is 16.3. The summed E-state index contributed by atoms with van der Waals surface area (Å²) in [6.45, 7) is 0. The van der Waals surface area contributed by atoms with Crippen molar-refractivity contribution in [2.24, 2.45) is 0 Å². The molecule has 0 saturated carbocycles. The molecule has 0 aromatic heterocycles. The van der Waals surface area contributed by atoms with Crippen molar-refractivity contribution < 1.29 is 64.4 Å². The summed E-state index contributed by atoms with van der Waals surface area (Å²) in [4.78, 5) is -0.338. The zero-order valence-electron chi connectivity index (χ0n) is 11.6. The van der Waals surface area contributed by atoms with Gasteiger partial charge in [0.25, 0.3) is 0 Å². The number of hydrogen-bond acceptors (Lipinski definition) is 3. The summed E-state index contributed by atoms with van der Waals surface area (Å²) in [7, 11) is -4.64. The standard InChI is InChI=1S/C16H9ClO3S.K/c17-13-8-11-5-4-9-2-1-3-10-6-7-12(15(11)14(9)10)16(13)21(18,19)20;/h1-8H,(H,18,19,20);/q;+1/p-1. The largest absolute Gasteiger partial charge is 1.00 e. The van der Waals surface area contributed by atoms with Crippen molar-refractivity contribution >= 4 is 54.0 Å². The van der Waals surface area contributed by atoms with E-state index < -0.39 is 10.1 Å². The number of benzene rings is 4. The molecule has 3 nitrogen and oxygen atoms in total. The second-order valence-corrected chi connectivity index (χ2v) is 6.72. The molecule has 0 N–H and O–H groups in total. The van der Waals surface area contributed by atoms with Crippen LogP contribution in [0.25, 0.3) is 32.3 Å². The molecule has 0 aliphatic rings. The molecule has 0 spiro atoms. The summed E-state index contributed by atoms with van der Waals surface area (Å²) in [6, 6.07) is 14.7. The van der Waals surface area contributed by atoms with Crippen LogP contribution in [0.5, 0.6) is 0 Å². The number of hydrogen-bond donors (Lipinski definition) is 0. The van der Waals surface area contributed by atoms with Crippen LogP contribution in [0.4, 0.5) is 0 Å². The zero-order chi connectivity index (χ0) is 14.8. The molecule has 4 aromatic rings. The van der Waals surface area contributed by atoms with E-state index in [1.54, 1.807) is 12.1 Å². The Morgan fingerprint density at radius 1 is 0.864 bits per heavy atom. The fourth-order valence-electron chi connectivity index (χ4n) is 3.00. The normalized spacial score (nSPS) is 12.1. The molecule has 0 unspecified atom stereocenters. The molecule has 4 rings (SSSR count). The first-order chi connectivity index (χ1) is 9.97. The first-order valence-corrected chi connectivity index (χ1v) is 8.07. The molecule has 22 heavy (non-hydrogen) atoms. The Bertz CT molecular complexity index is 1110. The molecule has 0 radical (unpaired) electrons. The summed E-state index contributed by atoms with van der Waals surface area (Å²) >= 11 is 6.03. The van der Waals surface area contributed by atoms with Crippen molar-refractivity contribution in [3.8, 4) is 0 Å². The molecule has 0 aliphatic carbocycles. The third-order valence-corrected chi connectivity index (χ3v) is 5.15. The van der Waals surface area contributed by atoms with Crippen molar-refractivity contribution in [3.05, 3.63) is 53.6 Å². The van der Waals surface area contributed by atoms with Crippen molar-refractivity contribution in [2.45, 2.75) is 4.90 Å².